The van der Waals surface area contributed by atoms with Crippen molar-refractivity contribution in [2.45, 2.75) is 42.8 Å². The lowest BCUT2D eigenvalue weighted by atomic mass is 9.83. The van der Waals surface area contributed by atoms with Crippen LogP contribution in [0.1, 0.15) is 37.9 Å². The van der Waals surface area contributed by atoms with Gasteiger partial charge in [-0.05, 0) is 31.4 Å². The molecule has 1 aromatic rings. The molecule has 0 bridgehead atoms. The Kier molecular flexibility index (Phi) is 4.05. The lowest BCUT2D eigenvalue weighted by molar-refractivity contribution is -0.126. The summed E-state index contributed by atoms with van der Waals surface area (Å²) in [6, 6.07) is 0. The highest BCUT2D eigenvalue weighted by molar-refractivity contribution is 7.99. The summed E-state index contributed by atoms with van der Waals surface area (Å²) >= 11 is 1.96. The van der Waals surface area contributed by atoms with E-state index in [-0.39, 0.29) is 5.91 Å². The van der Waals surface area contributed by atoms with Crippen LogP contribution in [0.25, 0.3) is 0 Å². The number of carbonyl (C=O) groups excluding carboxylic acids is 1. The third-order valence-corrected chi connectivity index (χ3v) is 5.47. The molecule has 1 saturated heterocycles. The molecule has 2 heterocycles. The first-order valence-electron chi connectivity index (χ1n) is 7.10. The van der Waals surface area contributed by atoms with Gasteiger partial charge in [-0.1, -0.05) is 23.8 Å². The molecular weight excluding hydrogens is 274 g/mol. The summed E-state index contributed by atoms with van der Waals surface area (Å²) in [5.41, 5.74) is -0.660. The number of aromatic amines is 1. The van der Waals surface area contributed by atoms with Crippen molar-refractivity contribution in [2.75, 3.05) is 12.3 Å². The third-order valence-electron chi connectivity index (χ3n) is 4.07. The number of nitrogens with one attached hydrogen (secondary N) is 2. The van der Waals surface area contributed by atoms with Gasteiger partial charge in [0, 0.05) is 11.8 Å². The highest BCUT2D eigenvalue weighted by Gasteiger charge is 2.44. The number of allylic oxidation sites excluding steroid dienone is 2. The number of H-pyrrole nitrogens is 1. The van der Waals surface area contributed by atoms with Gasteiger partial charge in [-0.15, -0.1) is 10.2 Å². The Balaban J connectivity index is 1.64. The van der Waals surface area contributed by atoms with Crippen LogP contribution in [0.15, 0.2) is 12.2 Å². The number of carbonyl (C=O) groups is 1. The van der Waals surface area contributed by atoms with Crippen LogP contribution in [-0.2, 0) is 10.2 Å². The predicted octanol–water partition coefficient (Wildman–Crippen LogP) is 1.19. The van der Waals surface area contributed by atoms with Crippen LogP contribution in [0.3, 0.4) is 0 Å². The molecule has 2 aliphatic rings. The fraction of sp³-hybridized carbons (Fsp3) is 0.692. The van der Waals surface area contributed by atoms with E-state index in [1.807, 2.05) is 23.9 Å². The van der Waals surface area contributed by atoms with E-state index in [4.69, 9.17) is 0 Å². The maximum Gasteiger partial charge on any atom is 0.234 e. The minimum atomic E-state index is -0.660. The third kappa shape index (κ3) is 2.59. The van der Waals surface area contributed by atoms with Crippen LogP contribution < -0.4 is 5.32 Å². The largest absolute Gasteiger partial charge is 0.354 e. The average Bonchev–Trinajstić information content (AvgIpc) is 3.17. The summed E-state index contributed by atoms with van der Waals surface area (Å²) < 4.78 is 0. The zero-order chi connectivity index (χ0) is 13.8. The number of tetrazole rings is 1. The van der Waals surface area contributed by atoms with E-state index in [0.29, 0.717) is 23.9 Å². The van der Waals surface area contributed by atoms with Crippen molar-refractivity contribution in [2.24, 2.45) is 0 Å². The van der Waals surface area contributed by atoms with Gasteiger partial charge in [-0.2, -0.15) is 17.0 Å². The molecular formula is C13H19N5OS. The molecule has 108 valence electrons. The molecule has 0 saturated carbocycles. The fourth-order valence-corrected chi connectivity index (χ4v) is 4.07. The van der Waals surface area contributed by atoms with Gasteiger partial charge in [-0.25, -0.2) is 0 Å². The van der Waals surface area contributed by atoms with Crippen LogP contribution in [0.4, 0.5) is 0 Å². The summed E-state index contributed by atoms with van der Waals surface area (Å²) in [5, 5.41) is 17.8. The zero-order valence-electron chi connectivity index (χ0n) is 11.3. The van der Waals surface area contributed by atoms with E-state index in [9.17, 15) is 4.79 Å². The number of rotatable bonds is 4. The van der Waals surface area contributed by atoms with Crippen LogP contribution >= 0.6 is 11.8 Å². The van der Waals surface area contributed by atoms with Crippen LogP contribution in [0.5, 0.6) is 0 Å². The number of hydrogen-bond acceptors (Lipinski definition) is 5. The molecule has 3 rings (SSSR count). The minimum Gasteiger partial charge on any atom is -0.354 e. The Labute approximate surface area is 122 Å². The van der Waals surface area contributed by atoms with Gasteiger partial charge in [0.05, 0.1) is 0 Å². The number of thioether (sulfide) groups is 1. The number of amides is 1. The van der Waals surface area contributed by atoms with Crippen molar-refractivity contribution < 1.29 is 4.79 Å². The molecule has 1 aliphatic carbocycles. The van der Waals surface area contributed by atoms with Crippen LogP contribution in [0, 0.1) is 0 Å². The molecule has 1 unspecified atom stereocenters. The quantitative estimate of drug-likeness (QED) is 0.815. The van der Waals surface area contributed by atoms with Gasteiger partial charge in [-0.3, -0.25) is 4.79 Å². The van der Waals surface area contributed by atoms with Crippen molar-refractivity contribution in [3.63, 3.8) is 0 Å². The number of aromatic nitrogens is 4. The fourth-order valence-electron chi connectivity index (χ4n) is 2.83. The first-order chi connectivity index (χ1) is 9.81. The highest BCUT2D eigenvalue weighted by atomic mass is 32.2. The predicted molar refractivity (Wildman–Crippen MR) is 77.3 cm³/mol. The molecule has 0 aromatic carbocycles. The summed E-state index contributed by atoms with van der Waals surface area (Å²) in [6.45, 7) is 0.739. The molecule has 2 N–H and O–H groups in total. The van der Waals surface area contributed by atoms with Gasteiger partial charge in [0.2, 0.25) is 5.91 Å². The standard InChI is InChI=1S/C13H19N5OS/c19-12(14-9-10-5-1-4-8-20-10)13(6-2-3-7-13)11-15-17-18-16-11/h2-3,10H,1,4-9H2,(H,14,19)(H,15,16,17,18). The van der Waals surface area contributed by atoms with Crippen molar-refractivity contribution in [1.82, 2.24) is 25.9 Å². The Morgan fingerprint density at radius 1 is 1.45 bits per heavy atom. The average molecular weight is 293 g/mol. The molecule has 1 aliphatic heterocycles. The van der Waals surface area contributed by atoms with E-state index in [2.05, 4.69) is 25.9 Å². The SMILES string of the molecule is O=C(NCC1CCCCS1)C1(c2nn[nH]n2)CC=CC1. The van der Waals surface area contributed by atoms with Crippen molar-refractivity contribution >= 4 is 17.7 Å². The van der Waals surface area contributed by atoms with Crippen LogP contribution in [0.2, 0.25) is 0 Å². The molecule has 20 heavy (non-hydrogen) atoms. The van der Waals surface area contributed by atoms with E-state index < -0.39 is 5.41 Å². The highest BCUT2D eigenvalue weighted by Crippen LogP contribution is 2.35. The van der Waals surface area contributed by atoms with Crippen molar-refractivity contribution in [3.8, 4) is 0 Å². The first kappa shape index (κ1) is 13.6. The summed E-state index contributed by atoms with van der Waals surface area (Å²) in [5.74, 6) is 1.73. The normalized spacial score (nSPS) is 24.7. The zero-order valence-corrected chi connectivity index (χ0v) is 12.2. The molecule has 1 amide bonds. The van der Waals surface area contributed by atoms with Gasteiger partial charge in [0.15, 0.2) is 5.82 Å². The topological polar surface area (TPSA) is 83.6 Å². The molecule has 1 fully saturated rings. The second kappa shape index (κ2) is 5.95. The number of nitrogens with zero attached hydrogens (tertiary/aromatic N) is 3. The summed E-state index contributed by atoms with van der Waals surface area (Å²) in [4.78, 5) is 12.6. The molecule has 0 radical (unpaired) electrons. The Bertz CT molecular complexity index is 473. The summed E-state index contributed by atoms with van der Waals surface area (Å²) in [7, 11) is 0. The Hall–Kier alpha value is -1.37. The molecule has 1 aromatic heterocycles. The number of hydrogen-bond donors (Lipinski definition) is 2. The van der Waals surface area contributed by atoms with E-state index in [1.54, 1.807) is 0 Å². The molecule has 7 heteroatoms. The minimum absolute atomic E-state index is 0.0232. The maximum absolute atomic E-state index is 12.6. The van der Waals surface area contributed by atoms with Gasteiger partial charge in [0.1, 0.15) is 5.41 Å². The summed E-state index contributed by atoms with van der Waals surface area (Å²) in [6.07, 6.45) is 9.10. The van der Waals surface area contributed by atoms with Crippen molar-refractivity contribution in [1.29, 1.82) is 0 Å². The molecule has 1 atom stereocenters. The van der Waals surface area contributed by atoms with Gasteiger partial charge >= 0.3 is 0 Å². The Morgan fingerprint density at radius 2 is 2.30 bits per heavy atom. The van der Waals surface area contributed by atoms with Crippen molar-refractivity contribution in [3.05, 3.63) is 18.0 Å². The lowest BCUT2D eigenvalue weighted by Crippen LogP contribution is -2.45. The van der Waals surface area contributed by atoms with Gasteiger partial charge in [0.25, 0.3) is 0 Å². The Morgan fingerprint density at radius 3 is 2.95 bits per heavy atom. The molecule has 0 spiro atoms. The van der Waals surface area contributed by atoms with E-state index >= 15 is 0 Å². The second-order valence-electron chi connectivity index (χ2n) is 5.40. The first-order valence-corrected chi connectivity index (χ1v) is 8.15. The van der Waals surface area contributed by atoms with E-state index in [0.717, 1.165) is 6.54 Å². The van der Waals surface area contributed by atoms with E-state index in [1.165, 1.54) is 25.0 Å². The lowest BCUT2D eigenvalue weighted by Gasteiger charge is -2.27. The molecule has 6 nitrogen and oxygen atoms in total. The second-order valence-corrected chi connectivity index (χ2v) is 6.80. The monoisotopic (exact) mass is 293 g/mol. The smallest absolute Gasteiger partial charge is 0.234 e. The van der Waals surface area contributed by atoms with Crippen LogP contribution in [-0.4, -0.2) is 44.1 Å². The maximum atomic E-state index is 12.6. The van der Waals surface area contributed by atoms with Gasteiger partial charge < -0.3 is 5.32 Å².